The molecule has 0 bridgehead atoms. The molecule has 0 radical (unpaired) electrons. The van der Waals surface area contributed by atoms with Crippen LogP contribution in [0.1, 0.15) is 43.5 Å². The van der Waals surface area contributed by atoms with E-state index in [-0.39, 0.29) is 30.5 Å². The average Bonchev–Trinajstić information content (AvgIpc) is 2.56. The number of benzene rings is 1. The minimum atomic E-state index is -0.475. The highest BCUT2D eigenvalue weighted by atomic mass is 79.9. The first-order chi connectivity index (χ1) is 12.3. The van der Waals surface area contributed by atoms with E-state index in [1.165, 1.54) is 31.0 Å². The number of nitrogens with one attached hydrogen (secondary N) is 2. The van der Waals surface area contributed by atoms with Crippen LogP contribution in [0.5, 0.6) is 0 Å². The Kier molecular flexibility index (Phi) is 8.03. The third-order valence-corrected chi connectivity index (χ3v) is 5.18. The summed E-state index contributed by atoms with van der Waals surface area (Å²) in [6.07, 6.45) is 2.68. The van der Waals surface area contributed by atoms with Crippen molar-refractivity contribution in [3.8, 4) is 0 Å². The van der Waals surface area contributed by atoms with E-state index in [1.807, 2.05) is 6.92 Å². The van der Waals surface area contributed by atoms with E-state index < -0.39 is 11.7 Å². The second-order valence-corrected chi connectivity index (χ2v) is 7.96. The molecule has 1 aromatic carbocycles. The molecule has 1 heterocycles. The van der Waals surface area contributed by atoms with Crippen molar-refractivity contribution in [2.45, 2.75) is 39.2 Å². The molecular weight excluding hydrogens is 401 g/mol. The monoisotopic (exact) mass is 427 g/mol. The number of halogens is 2. The van der Waals surface area contributed by atoms with Crippen molar-refractivity contribution < 1.29 is 14.0 Å². The summed E-state index contributed by atoms with van der Waals surface area (Å²) in [5.74, 6) is -0.262. The van der Waals surface area contributed by atoms with Gasteiger partial charge in [-0.2, -0.15) is 0 Å². The van der Waals surface area contributed by atoms with E-state index in [1.54, 1.807) is 0 Å². The fourth-order valence-electron chi connectivity index (χ4n) is 3.29. The molecule has 1 aliphatic heterocycles. The minimum absolute atomic E-state index is 0.0702. The molecule has 2 unspecified atom stereocenters. The molecule has 2 N–H and O–H groups in total. The Balaban J connectivity index is 1.69. The number of hydrogen-bond donors (Lipinski definition) is 2. The van der Waals surface area contributed by atoms with Crippen LogP contribution in [-0.2, 0) is 4.79 Å². The van der Waals surface area contributed by atoms with Gasteiger partial charge in [-0.3, -0.25) is 9.59 Å². The SMILES string of the molecule is CC1CCCN(CC(C)NC(=O)CCNC(=O)c2cc(F)ccc2Br)C1. The molecule has 5 nitrogen and oxygen atoms in total. The Hall–Kier alpha value is -1.47. The van der Waals surface area contributed by atoms with Crippen molar-refractivity contribution in [3.05, 3.63) is 34.1 Å². The zero-order valence-corrected chi connectivity index (χ0v) is 16.9. The average molecular weight is 428 g/mol. The van der Waals surface area contributed by atoms with Crippen LogP contribution in [0.3, 0.4) is 0 Å². The molecule has 144 valence electrons. The first-order valence-corrected chi connectivity index (χ1v) is 9.89. The summed E-state index contributed by atoms with van der Waals surface area (Å²) >= 11 is 3.22. The van der Waals surface area contributed by atoms with Gasteiger partial charge in [-0.1, -0.05) is 6.92 Å². The second kappa shape index (κ2) is 10.0. The standard InChI is InChI=1S/C19H27BrFN3O2/c1-13-4-3-9-24(11-13)12-14(2)23-18(25)7-8-22-19(26)16-10-15(21)5-6-17(16)20/h5-6,10,13-14H,3-4,7-9,11-12H2,1-2H3,(H,22,26)(H,23,25). The number of amides is 2. The van der Waals surface area contributed by atoms with Gasteiger partial charge in [-0.25, -0.2) is 4.39 Å². The predicted molar refractivity (Wildman–Crippen MR) is 103 cm³/mol. The summed E-state index contributed by atoms with van der Waals surface area (Å²) in [6, 6.07) is 4.00. The summed E-state index contributed by atoms with van der Waals surface area (Å²) < 4.78 is 13.8. The molecule has 26 heavy (non-hydrogen) atoms. The number of carbonyl (C=O) groups excluding carboxylic acids is 2. The molecular formula is C19H27BrFN3O2. The summed E-state index contributed by atoms with van der Waals surface area (Å²) in [5.41, 5.74) is 0.220. The minimum Gasteiger partial charge on any atom is -0.352 e. The van der Waals surface area contributed by atoms with Crippen LogP contribution in [0, 0.1) is 11.7 Å². The van der Waals surface area contributed by atoms with Gasteiger partial charge in [0.05, 0.1) is 5.56 Å². The van der Waals surface area contributed by atoms with E-state index in [9.17, 15) is 14.0 Å². The van der Waals surface area contributed by atoms with Gasteiger partial charge in [-0.15, -0.1) is 0 Å². The van der Waals surface area contributed by atoms with E-state index >= 15 is 0 Å². The Morgan fingerprint density at radius 3 is 2.92 bits per heavy atom. The van der Waals surface area contributed by atoms with Crippen molar-refractivity contribution in [1.29, 1.82) is 0 Å². The van der Waals surface area contributed by atoms with E-state index in [0.29, 0.717) is 10.4 Å². The normalized spacial score (nSPS) is 19.0. The van der Waals surface area contributed by atoms with Crippen LogP contribution in [0.15, 0.2) is 22.7 Å². The van der Waals surface area contributed by atoms with Gasteiger partial charge < -0.3 is 15.5 Å². The smallest absolute Gasteiger partial charge is 0.252 e. The van der Waals surface area contributed by atoms with Gasteiger partial charge in [0.1, 0.15) is 5.82 Å². The van der Waals surface area contributed by atoms with Gasteiger partial charge in [0.15, 0.2) is 0 Å². The molecule has 0 saturated carbocycles. The van der Waals surface area contributed by atoms with E-state index in [4.69, 9.17) is 0 Å². The van der Waals surface area contributed by atoms with Crippen molar-refractivity contribution in [1.82, 2.24) is 15.5 Å². The number of carbonyl (C=O) groups is 2. The lowest BCUT2D eigenvalue weighted by Gasteiger charge is -2.32. The topological polar surface area (TPSA) is 61.4 Å². The number of piperidine rings is 1. The van der Waals surface area contributed by atoms with Crippen molar-refractivity contribution in [2.75, 3.05) is 26.2 Å². The predicted octanol–water partition coefficient (Wildman–Crippen LogP) is 2.94. The van der Waals surface area contributed by atoms with Crippen LogP contribution in [-0.4, -0.2) is 48.9 Å². The molecule has 1 saturated heterocycles. The maximum absolute atomic E-state index is 13.2. The van der Waals surface area contributed by atoms with E-state index in [0.717, 1.165) is 19.6 Å². The zero-order valence-electron chi connectivity index (χ0n) is 15.4. The van der Waals surface area contributed by atoms with Crippen LogP contribution in [0.4, 0.5) is 4.39 Å². The molecule has 0 aromatic heterocycles. The molecule has 1 aliphatic rings. The highest BCUT2D eigenvalue weighted by Crippen LogP contribution is 2.17. The van der Waals surface area contributed by atoms with Crippen LogP contribution < -0.4 is 10.6 Å². The Morgan fingerprint density at radius 2 is 2.19 bits per heavy atom. The molecule has 2 atom stereocenters. The second-order valence-electron chi connectivity index (χ2n) is 7.11. The fraction of sp³-hybridized carbons (Fsp3) is 0.579. The largest absolute Gasteiger partial charge is 0.352 e. The number of nitrogens with zero attached hydrogens (tertiary/aromatic N) is 1. The van der Waals surface area contributed by atoms with Crippen molar-refractivity contribution in [2.24, 2.45) is 5.92 Å². The van der Waals surface area contributed by atoms with Gasteiger partial charge in [0.2, 0.25) is 5.91 Å². The lowest BCUT2D eigenvalue weighted by atomic mass is 10.00. The number of rotatable bonds is 7. The first-order valence-electron chi connectivity index (χ1n) is 9.10. The molecule has 2 rings (SSSR count). The third kappa shape index (κ3) is 6.68. The molecule has 7 heteroatoms. The zero-order chi connectivity index (χ0) is 19.1. The fourth-order valence-corrected chi connectivity index (χ4v) is 3.72. The summed E-state index contributed by atoms with van der Waals surface area (Å²) in [5, 5.41) is 5.63. The van der Waals surface area contributed by atoms with E-state index in [2.05, 4.69) is 38.4 Å². The maximum atomic E-state index is 13.2. The number of hydrogen-bond acceptors (Lipinski definition) is 3. The lowest BCUT2D eigenvalue weighted by Crippen LogP contribution is -2.45. The summed E-state index contributed by atoms with van der Waals surface area (Å²) in [7, 11) is 0. The molecule has 1 fully saturated rings. The van der Waals surface area contributed by atoms with Gasteiger partial charge >= 0.3 is 0 Å². The maximum Gasteiger partial charge on any atom is 0.252 e. The highest BCUT2D eigenvalue weighted by molar-refractivity contribution is 9.10. The van der Waals surface area contributed by atoms with Crippen molar-refractivity contribution >= 4 is 27.7 Å². The highest BCUT2D eigenvalue weighted by Gasteiger charge is 2.19. The molecule has 2 amide bonds. The Morgan fingerprint density at radius 1 is 1.42 bits per heavy atom. The molecule has 0 spiro atoms. The Bertz CT molecular complexity index is 641. The Labute approximate surface area is 162 Å². The summed E-state index contributed by atoms with van der Waals surface area (Å²) in [6.45, 7) is 7.48. The number of likely N-dealkylation sites (tertiary alicyclic amines) is 1. The quantitative estimate of drug-likeness (QED) is 0.702. The van der Waals surface area contributed by atoms with Gasteiger partial charge in [0, 0.05) is 36.6 Å². The van der Waals surface area contributed by atoms with Gasteiger partial charge in [0.25, 0.3) is 5.91 Å². The van der Waals surface area contributed by atoms with Crippen molar-refractivity contribution in [3.63, 3.8) is 0 Å². The molecule has 1 aromatic rings. The van der Waals surface area contributed by atoms with Gasteiger partial charge in [-0.05, 0) is 66.4 Å². The first kappa shape index (κ1) is 20.8. The van der Waals surface area contributed by atoms with Crippen LogP contribution in [0.2, 0.25) is 0 Å². The molecule has 0 aliphatic carbocycles. The third-order valence-electron chi connectivity index (χ3n) is 4.49. The van der Waals surface area contributed by atoms with Crippen LogP contribution in [0.25, 0.3) is 0 Å². The lowest BCUT2D eigenvalue weighted by molar-refractivity contribution is -0.121. The van der Waals surface area contributed by atoms with Crippen LogP contribution >= 0.6 is 15.9 Å². The summed E-state index contributed by atoms with van der Waals surface area (Å²) in [4.78, 5) is 26.5.